The highest BCUT2D eigenvalue weighted by molar-refractivity contribution is 5.92. The van der Waals surface area contributed by atoms with E-state index in [0.29, 0.717) is 43.9 Å². The number of nitrogens with zero attached hydrogens (tertiary/aromatic N) is 4. The third kappa shape index (κ3) is 4.62. The third-order valence-electron chi connectivity index (χ3n) is 5.92. The minimum Gasteiger partial charge on any atom is -0.493 e. The van der Waals surface area contributed by atoms with Crippen molar-refractivity contribution in [3.05, 3.63) is 47.3 Å². The number of anilines is 2. The van der Waals surface area contributed by atoms with E-state index in [2.05, 4.69) is 16.0 Å². The van der Waals surface area contributed by atoms with Gasteiger partial charge < -0.3 is 25.0 Å². The van der Waals surface area contributed by atoms with Crippen LogP contribution in [0.1, 0.15) is 17.5 Å². The number of ether oxygens (including phenoxy) is 2. The first kappa shape index (κ1) is 22.6. The number of nitrogens with two attached hydrogens (primary N) is 1. The van der Waals surface area contributed by atoms with Crippen LogP contribution < -0.4 is 20.1 Å². The Morgan fingerprint density at radius 3 is 2.55 bits per heavy atom. The minimum atomic E-state index is -0.646. The number of aryl methyl sites for hydroxylation is 2. The second kappa shape index (κ2) is 9.48. The molecule has 174 valence electrons. The van der Waals surface area contributed by atoms with Gasteiger partial charge in [-0.1, -0.05) is 29.8 Å². The SMILES string of the molecule is COc1cc2c(N)nc(N3CCN(C(=O)CCc4cccc(C)c4)CC3)nc2c(F)c1OC. The van der Waals surface area contributed by atoms with Gasteiger partial charge in [0.1, 0.15) is 11.3 Å². The zero-order chi connectivity index (χ0) is 23.5. The number of amides is 1. The van der Waals surface area contributed by atoms with E-state index in [1.165, 1.54) is 19.8 Å². The molecule has 1 amide bonds. The summed E-state index contributed by atoms with van der Waals surface area (Å²) in [7, 11) is 2.80. The summed E-state index contributed by atoms with van der Waals surface area (Å²) in [5.74, 6) is 0.163. The molecule has 1 saturated heterocycles. The van der Waals surface area contributed by atoms with Gasteiger partial charge in [-0.25, -0.2) is 9.37 Å². The second-order valence-electron chi connectivity index (χ2n) is 8.09. The van der Waals surface area contributed by atoms with Crippen molar-refractivity contribution in [2.75, 3.05) is 51.0 Å². The quantitative estimate of drug-likeness (QED) is 0.613. The maximum absolute atomic E-state index is 15.0. The number of carbonyl (C=O) groups excluding carboxylic acids is 1. The van der Waals surface area contributed by atoms with Crippen LogP contribution in [0.4, 0.5) is 16.2 Å². The molecule has 0 spiro atoms. The van der Waals surface area contributed by atoms with E-state index in [-0.39, 0.29) is 28.7 Å². The summed E-state index contributed by atoms with van der Waals surface area (Å²) in [6.07, 6.45) is 1.19. The Labute approximate surface area is 192 Å². The van der Waals surface area contributed by atoms with Gasteiger partial charge >= 0.3 is 0 Å². The standard InChI is InChI=1S/C24H28FN5O3/c1-15-5-4-6-16(13-15)7-8-19(31)29-9-11-30(12-10-29)24-27-21-17(23(26)28-24)14-18(32-2)22(33-3)20(21)25/h4-6,13-14H,7-12H2,1-3H3,(H2,26,27,28). The highest BCUT2D eigenvalue weighted by atomic mass is 19.1. The molecule has 0 aliphatic carbocycles. The summed E-state index contributed by atoms with van der Waals surface area (Å²) in [6, 6.07) is 9.78. The third-order valence-corrected chi connectivity index (χ3v) is 5.92. The highest BCUT2D eigenvalue weighted by Crippen LogP contribution is 2.37. The molecule has 0 unspecified atom stereocenters. The Bertz CT molecular complexity index is 1180. The van der Waals surface area contributed by atoms with Gasteiger partial charge in [-0.15, -0.1) is 0 Å². The molecule has 1 aliphatic rings. The smallest absolute Gasteiger partial charge is 0.228 e. The number of aromatic nitrogens is 2. The molecular formula is C24H28FN5O3. The van der Waals surface area contributed by atoms with Gasteiger partial charge in [0, 0.05) is 38.0 Å². The molecule has 0 saturated carbocycles. The molecule has 33 heavy (non-hydrogen) atoms. The highest BCUT2D eigenvalue weighted by Gasteiger charge is 2.25. The van der Waals surface area contributed by atoms with Gasteiger partial charge in [0.25, 0.3) is 0 Å². The number of hydrogen-bond donors (Lipinski definition) is 1. The van der Waals surface area contributed by atoms with Crippen LogP contribution >= 0.6 is 0 Å². The Morgan fingerprint density at radius 2 is 1.88 bits per heavy atom. The molecule has 1 fully saturated rings. The maximum Gasteiger partial charge on any atom is 0.228 e. The van der Waals surface area contributed by atoms with Gasteiger partial charge in [0.15, 0.2) is 17.3 Å². The van der Waals surface area contributed by atoms with E-state index in [0.717, 1.165) is 12.0 Å². The fraction of sp³-hybridized carbons (Fsp3) is 0.375. The number of rotatable bonds is 6. The summed E-state index contributed by atoms with van der Waals surface area (Å²) in [5.41, 5.74) is 8.55. The first-order chi connectivity index (χ1) is 15.9. The molecule has 9 heteroatoms. The number of halogens is 1. The number of fused-ring (bicyclic) bond motifs is 1. The molecule has 0 radical (unpaired) electrons. The van der Waals surface area contributed by atoms with E-state index in [4.69, 9.17) is 15.2 Å². The second-order valence-corrected chi connectivity index (χ2v) is 8.09. The van der Waals surface area contributed by atoms with Crippen LogP contribution in [0, 0.1) is 12.7 Å². The summed E-state index contributed by atoms with van der Waals surface area (Å²) in [4.78, 5) is 25.2. The van der Waals surface area contributed by atoms with Crippen molar-refractivity contribution in [2.24, 2.45) is 0 Å². The van der Waals surface area contributed by atoms with Crippen LogP contribution in [-0.2, 0) is 11.2 Å². The number of carbonyl (C=O) groups is 1. The lowest BCUT2D eigenvalue weighted by Gasteiger charge is -2.35. The molecule has 2 heterocycles. The van der Waals surface area contributed by atoms with E-state index in [9.17, 15) is 4.79 Å². The van der Waals surface area contributed by atoms with Crippen molar-refractivity contribution in [3.8, 4) is 11.5 Å². The normalized spacial score (nSPS) is 13.9. The monoisotopic (exact) mass is 453 g/mol. The molecule has 8 nitrogen and oxygen atoms in total. The largest absolute Gasteiger partial charge is 0.493 e. The fourth-order valence-corrected chi connectivity index (χ4v) is 4.11. The van der Waals surface area contributed by atoms with Gasteiger partial charge in [-0.05, 0) is 25.0 Å². The molecule has 4 rings (SSSR count). The fourth-order valence-electron chi connectivity index (χ4n) is 4.11. The van der Waals surface area contributed by atoms with Crippen molar-refractivity contribution < 1.29 is 18.7 Å². The number of benzene rings is 2. The van der Waals surface area contributed by atoms with Crippen LogP contribution in [0.5, 0.6) is 11.5 Å². The molecule has 1 aliphatic heterocycles. The first-order valence-electron chi connectivity index (χ1n) is 10.9. The average Bonchev–Trinajstić information content (AvgIpc) is 2.83. The molecule has 3 aromatic rings. The summed E-state index contributed by atoms with van der Waals surface area (Å²) >= 11 is 0. The summed E-state index contributed by atoms with van der Waals surface area (Å²) in [5, 5.41) is 0.360. The van der Waals surface area contributed by atoms with Crippen molar-refractivity contribution in [2.45, 2.75) is 19.8 Å². The van der Waals surface area contributed by atoms with E-state index < -0.39 is 5.82 Å². The van der Waals surface area contributed by atoms with Crippen molar-refractivity contribution >= 4 is 28.6 Å². The summed E-state index contributed by atoms with van der Waals surface area (Å²) < 4.78 is 25.4. The Kier molecular flexibility index (Phi) is 6.48. The Morgan fingerprint density at radius 1 is 1.12 bits per heavy atom. The number of nitrogen functional groups attached to an aromatic ring is 1. The van der Waals surface area contributed by atoms with Crippen molar-refractivity contribution in [3.63, 3.8) is 0 Å². The van der Waals surface area contributed by atoms with Crippen LogP contribution in [0.25, 0.3) is 10.9 Å². The van der Waals surface area contributed by atoms with Crippen molar-refractivity contribution in [1.29, 1.82) is 0 Å². The minimum absolute atomic E-state index is 0.0296. The summed E-state index contributed by atoms with van der Waals surface area (Å²) in [6.45, 7) is 4.21. The predicted octanol–water partition coefficient (Wildman–Crippen LogP) is 2.96. The van der Waals surface area contributed by atoms with Gasteiger partial charge in [-0.2, -0.15) is 4.98 Å². The van der Waals surface area contributed by atoms with Crippen LogP contribution in [-0.4, -0.2) is 61.2 Å². The molecule has 0 bridgehead atoms. The van der Waals surface area contributed by atoms with Gasteiger partial charge in [0.05, 0.1) is 14.2 Å². The molecular weight excluding hydrogens is 425 g/mol. The van der Waals surface area contributed by atoms with Gasteiger partial charge in [-0.3, -0.25) is 4.79 Å². The van der Waals surface area contributed by atoms with Gasteiger partial charge in [0.2, 0.25) is 11.9 Å². The van der Waals surface area contributed by atoms with E-state index in [1.54, 1.807) is 6.07 Å². The predicted molar refractivity (Wildman–Crippen MR) is 125 cm³/mol. The zero-order valence-corrected chi connectivity index (χ0v) is 19.1. The van der Waals surface area contributed by atoms with Crippen molar-refractivity contribution in [1.82, 2.24) is 14.9 Å². The molecule has 1 aromatic heterocycles. The van der Waals surface area contributed by atoms with E-state index in [1.807, 2.05) is 34.9 Å². The van der Waals surface area contributed by atoms with Crippen LogP contribution in [0.2, 0.25) is 0 Å². The molecule has 0 atom stereocenters. The maximum atomic E-state index is 15.0. The lowest BCUT2D eigenvalue weighted by atomic mass is 10.1. The lowest BCUT2D eigenvalue weighted by molar-refractivity contribution is -0.131. The average molecular weight is 454 g/mol. The topological polar surface area (TPSA) is 93.8 Å². The number of piperazine rings is 1. The molecule has 2 aromatic carbocycles. The molecule has 2 N–H and O–H groups in total. The Hall–Kier alpha value is -3.62. The number of methoxy groups -OCH3 is 2. The zero-order valence-electron chi connectivity index (χ0n) is 19.1. The Balaban J connectivity index is 1.45. The lowest BCUT2D eigenvalue weighted by Crippen LogP contribution is -2.49. The van der Waals surface area contributed by atoms with Crippen LogP contribution in [0.15, 0.2) is 30.3 Å². The number of hydrogen-bond acceptors (Lipinski definition) is 7. The first-order valence-corrected chi connectivity index (χ1v) is 10.9. The van der Waals surface area contributed by atoms with E-state index >= 15 is 4.39 Å². The van der Waals surface area contributed by atoms with Crippen LogP contribution in [0.3, 0.4) is 0 Å².